The molecule has 4 rings (SSSR count). The molecule has 2 heterocycles. The average Bonchev–Trinajstić information content (AvgIpc) is 2.72. The fraction of sp³-hybridized carbons (Fsp3) is 0.476. The van der Waals surface area contributed by atoms with Crippen molar-refractivity contribution in [2.24, 2.45) is 0 Å². The maximum absolute atomic E-state index is 13.0. The van der Waals surface area contributed by atoms with E-state index in [-0.39, 0.29) is 12.0 Å². The second-order valence-electron chi connectivity index (χ2n) is 7.17. The number of aromatic nitrogens is 2. The lowest BCUT2D eigenvalue weighted by Gasteiger charge is -2.33. The van der Waals surface area contributed by atoms with Gasteiger partial charge in [-0.1, -0.05) is 6.07 Å². The van der Waals surface area contributed by atoms with Crippen molar-refractivity contribution in [3.05, 3.63) is 59.2 Å². The summed E-state index contributed by atoms with van der Waals surface area (Å²) >= 11 is 0. The zero-order valence-corrected chi connectivity index (χ0v) is 15.1. The van der Waals surface area contributed by atoms with E-state index < -0.39 is 0 Å². The van der Waals surface area contributed by atoms with E-state index >= 15 is 0 Å². The highest BCUT2D eigenvalue weighted by Crippen LogP contribution is 2.23. The summed E-state index contributed by atoms with van der Waals surface area (Å²) in [7, 11) is 0. The van der Waals surface area contributed by atoms with Crippen molar-refractivity contribution < 1.29 is 9.53 Å². The lowest BCUT2D eigenvalue weighted by atomic mass is 9.90. The Morgan fingerprint density at radius 2 is 2.08 bits per heavy atom. The Morgan fingerprint density at radius 3 is 2.92 bits per heavy atom. The summed E-state index contributed by atoms with van der Waals surface area (Å²) in [5.41, 5.74) is 4.61. The van der Waals surface area contributed by atoms with Gasteiger partial charge in [-0.05, 0) is 67.9 Å². The molecule has 1 atom stereocenters. The van der Waals surface area contributed by atoms with E-state index in [4.69, 9.17) is 4.74 Å². The monoisotopic (exact) mass is 351 g/mol. The van der Waals surface area contributed by atoms with Crippen LogP contribution < -0.4 is 0 Å². The van der Waals surface area contributed by atoms with Gasteiger partial charge >= 0.3 is 0 Å². The molecule has 26 heavy (non-hydrogen) atoms. The van der Waals surface area contributed by atoms with E-state index in [1.54, 1.807) is 12.5 Å². The number of hydrogen-bond donors (Lipinski definition) is 0. The Morgan fingerprint density at radius 1 is 1.19 bits per heavy atom. The third kappa shape index (κ3) is 3.93. The number of ether oxygens (including phenoxy) is 1. The Hall–Kier alpha value is -2.27. The summed E-state index contributed by atoms with van der Waals surface area (Å²) in [6.07, 6.45) is 9.84. The molecular formula is C21H25N3O2. The molecule has 1 aromatic carbocycles. The summed E-state index contributed by atoms with van der Waals surface area (Å²) in [6.45, 7) is 1.92. The molecule has 0 spiro atoms. The minimum atomic E-state index is 0.0697. The molecule has 1 amide bonds. The maximum atomic E-state index is 13.0. The van der Waals surface area contributed by atoms with Crippen LogP contribution in [0.15, 0.2) is 36.8 Å². The molecule has 2 aliphatic rings. The maximum Gasteiger partial charge on any atom is 0.254 e. The summed E-state index contributed by atoms with van der Waals surface area (Å²) in [4.78, 5) is 23.1. The van der Waals surface area contributed by atoms with Crippen LogP contribution in [0.4, 0.5) is 0 Å². The van der Waals surface area contributed by atoms with E-state index in [0.717, 1.165) is 36.9 Å². The molecule has 0 N–H and O–H groups in total. The van der Waals surface area contributed by atoms with Crippen molar-refractivity contribution in [2.45, 2.75) is 44.6 Å². The molecule has 2 aromatic rings. The average molecular weight is 351 g/mol. The zero-order valence-electron chi connectivity index (χ0n) is 15.1. The van der Waals surface area contributed by atoms with Crippen LogP contribution >= 0.6 is 0 Å². The van der Waals surface area contributed by atoms with E-state index in [1.807, 2.05) is 17.0 Å². The summed E-state index contributed by atoms with van der Waals surface area (Å²) in [6, 6.07) is 8.19. The Balaban J connectivity index is 1.38. The van der Waals surface area contributed by atoms with E-state index in [9.17, 15) is 4.79 Å². The minimum absolute atomic E-state index is 0.0697. The zero-order chi connectivity index (χ0) is 17.8. The first-order valence-electron chi connectivity index (χ1n) is 9.57. The minimum Gasteiger partial charge on any atom is -0.375 e. The van der Waals surface area contributed by atoms with Gasteiger partial charge in [0.15, 0.2) is 0 Å². The first-order valence-corrected chi connectivity index (χ1v) is 9.57. The number of carbonyl (C=O) groups is 1. The molecule has 1 saturated heterocycles. The number of amides is 1. The van der Waals surface area contributed by atoms with E-state index in [2.05, 4.69) is 22.1 Å². The third-order valence-electron chi connectivity index (χ3n) is 5.39. The molecule has 1 fully saturated rings. The molecule has 1 aromatic heterocycles. The van der Waals surface area contributed by atoms with Gasteiger partial charge in [-0.25, -0.2) is 9.97 Å². The summed E-state index contributed by atoms with van der Waals surface area (Å²) in [5.74, 6) is 0.133. The van der Waals surface area contributed by atoms with Gasteiger partial charge < -0.3 is 9.64 Å². The molecule has 5 nitrogen and oxygen atoms in total. The molecular weight excluding hydrogens is 326 g/mol. The highest BCUT2D eigenvalue weighted by atomic mass is 16.5. The van der Waals surface area contributed by atoms with Gasteiger partial charge in [-0.3, -0.25) is 4.79 Å². The molecule has 136 valence electrons. The summed E-state index contributed by atoms with van der Waals surface area (Å²) < 4.78 is 5.87. The Bertz CT molecular complexity index is 763. The number of carbonyl (C=O) groups excluding carboxylic acids is 1. The molecule has 1 unspecified atom stereocenters. The van der Waals surface area contributed by atoms with Crippen LogP contribution in [0.5, 0.6) is 0 Å². The van der Waals surface area contributed by atoms with Crippen molar-refractivity contribution in [1.82, 2.24) is 14.9 Å². The van der Waals surface area contributed by atoms with Crippen LogP contribution in [0.3, 0.4) is 0 Å². The van der Waals surface area contributed by atoms with Crippen molar-refractivity contribution >= 4 is 5.91 Å². The van der Waals surface area contributed by atoms with Crippen molar-refractivity contribution in [1.29, 1.82) is 0 Å². The van der Waals surface area contributed by atoms with Crippen molar-refractivity contribution in [2.75, 3.05) is 19.7 Å². The molecule has 1 aliphatic carbocycles. The molecule has 1 aliphatic heterocycles. The van der Waals surface area contributed by atoms with Crippen LogP contribution in [-0.4, -0.2) is 46.6 Å². The van der Waals surface area contributed by atoms with Gasteiger partial charge in [0.1, 0.15) is 6.33 Å². The van der Waals surface area contributed by atoms with Crippen LogP contribution in [-0.2, 0) is 24.0 Å². The fourth-order valence-corrected chi connectivity index (χ4v) is 3.90. The highest BCUT2D eigenvalue weighted by Gasteiger charge is 2.25. The van der Waals surface area contributed by atoms with Gasteiger partial charge in [0.2, 0.25) is 0 Å². The highest BCUT2D eigenvalue weighted by molar-refractivity contribution is 5.94. The third-order valence-corrected chi connectivity index (χ3v) is 5.39. The fourth-order valence-electron chi connectivity index (χ4n) is 3.90. The normalized spacial score (nSPS) is 19.8. The number of benzene rings is 1. The van der Waals surface area contributed by atoms with Crippen LogP contribution in [0.1, 0.15) is 46.4 Å². The molecule has 0 bridgehead atoms. The number of nitrogens with zero attached hydrogens (tertiary/aromatic N) is 3. The van der Waals surface area contributed by atoms with Crippen molar-refractivity contribution in [3.8, 4) is 0 Å². The summed E-state index contributed by atoms with van der Waals surface area (Å²) in [5, 5.41) is 0. The smallest absolute Gasteiger partial charge is 0.254 e. The number of aryl methyl sites for hydroxylation is 3. The van der Waals surface area contributed by atoms with Crippen LogP contribution in [0.25, 0.3) is 0 Å². The number of morpholine rings is 1. The predicted molar refractivity (Wildman–Crippen MR) is 99.1 cm³/mol. The molecule has 0 saturated carbocycles. The Labute approximate surface area is 154 Å². The predicted octanol–water partition coefficient (Wildman–Crippen LogP) is 2.83. The molecule has 5 heteroatoms. The van der Waals surface area contributed by atoms with E-state index in [0.29, 0.717) is 19.7 Å². The topological polar surface area (TPSA) is 55.3 Å². The quantitative estimate of drug-likeness (QED) is 0.850. The molecule has 0 radical (unpaired) electrons. The van der Waals surface area contributed by atoms with Gasteiger partial charge in [-0.2, -0.15) is 0 Å². The van der Waals surface area contributed by atoms with Crippen LogP contribution in [0, 0.1) is 0 Å². The van der Waals surface area contributed by atoms with Crippen LogP contribution in [0.2, 0.25) is 0 Å². The van der Waals surface area contributed by atoms with Gasteiger partial charge in [0.05, 0.1) is 12.7 Å². The standard InChI is InChI=1S/C21H25N3O2/c25-21(18-6-5-16-3-1-2-4-17(16)13-18)24-11-12-26-20(14-24)8-7-19-9-10-22-15-23-19/h5-6,9-10,13,15,20H,1-4,7-8,11-12,14H2. The number of hydrogen-bond acceptors (Lipinski definition) is 4. The second-order valence-corrected chi connectivity index (χ2v) is 7.17. The second kappa shape index (κ2) is 7.96. The van der Waals surface area contributed by atoms with Gasteiger partial charge in [0, 0.05) is 30.5 Å². The number of rotatable bonds is 4. The van der Waals surface area contributed by atoms with E-state index in [1.165, 1.54) is 24.0 Å². The lowest BCUT2D eigenvalue weighted by molar-refractivity contribution is -0.0247. The SMILES string of the molecule is O=C(c1ccc2c(c1)CCCC2)N1CCOC(CCc2ccncn2)C1. The Kier molecular flexibility index (Phi) is 5.25. The lowest BCUT2D eigenvalue weighted by Crippen LogP contribution is -2.45. The van der Waals surface area contributed by atoms with Gasteiger partial charge in [0.25, 0.3) is 5.91 Å². The number of fused-ring (bicyclic) bond motifs is 1. The first-order chi connectivity index (χ1) is 12.8. The first kappa shape index (κ1) is 17.2. The van der Waals surface area contributed by atoms with Crippen molar-refractivity contribution in [3.63, 3.8) is 0 Å². The van der Waals surface area contributed by atoms with Gasteiger partial charge in [-0.15, -0.1) is 0 Å². The largest absolute Gasteiger partial charge is 0.375 e.